The summed E-state index contributed by atoms with van der Waals surface area (Å²) in [4.78, 5) is 12.6. The average molecular weight is 511 g/mol. The fourth-order valence-corrected chi connectivity index (χ4v) is 4.57. The van der Waals surface area contributed by atoms with Crippen molar-refractivity contribution in [2.75, 3.05) is 18.9 Å². The van der Waals surface area contributed by atoms with Crippen LogP contribution in [0.2, 0.25) is 0 Å². The third-order valence-corrected chi connectivity index (χ3v) is 6.26. The number of benzene rings is 3. The van der Waals surface area contributed by atoms with Gasteiger partial charge in [-0.25, -0.2) is 8.42 Å². The lowest BCUT2D eigenvalue weighted by atomic mass is 10.1. The second-order valence-electron chi connectivity index (χ2n) is 7.07. The standard InChI is InChI=1S/C22H16F3NO8S/c1-31-14-7-4-8-15-17(14)19(27)18-16(33-15)10-13(21(32-2)20(18)28)26-35(29,30)12-6-3-5-11(9-12)34-22(23,24)25/h3-10,26,28H,1-2H3. The number of hydrogen-bond donors (Lipinski definition) is 2. The molecule has 4 rings (SSSR count). The van der Waals surface area contributed by atoms with E-state index >= 15 is 0 Å². The number of phenolic OH excluding ortho intramolecular Hbond substituents is 1. The average Bonchev–Trinajstić information content (AvgIpc) is 2.77. The van der Waals surface area contributed by atoms with Crippen LogP contribution in [0.1, 0.15) is 0 Å². The molecule has 0 radical (unpaired) electrons. The highest BCUT2D eigenvalue weighted by atomic mass is 32.2. The summed E-state index contributed by atoms with van der Waals surface area (Å²) < 4.78 is 85.3. The maximum atomic E-state index is 13.1. The van der Waals surface area contributed by atoms with Crippen LogP contribution >= 0.6 is 0 Å². The number of alkyl halides is 3. The maximum Gasteiger partial charge on any atom is 0.573 e. The van der Waals surface area contributed by atoms with Crippen molar-refractivity contribution in [2.45, 2.75) is 11.3 Å². The first-order valence-corrected chi connectivity index (χ1v) is 11.2. The molecule has 4 aromatic rings. The highest BCUT2D eigenvalue weighted by Crippen LogP contribution is 2.42. The Labute approximate surface area is 195 Å². The minimum atomic E-state index is -5.02. The van der Waals surface area contributed by atoms with Crippen molar-refractivity contribution in [3.05, 3.63) is 58.8 Å². The van der Waals surface area contributed by atoms with Crippen molar-refractivity contribution in [3.8, 4) is 23.0 Å². The van der Waals surface area contributed by atoms with E-state index in [1.165, 1.54) is 19.2 Å². The molecule has 3 aromatic carbocycles. The molecule has 0 aliphatic heterocycles. The molecule has 0 saturated carbocycles. The molecule has 0 spiro atoms. The topological polar surface area (TPSA) is 124 Å². The molecule has 0 aliphatic rings. The molecule has 0 bridgehead atoms. The fraction of sp³-hybridized carbons (Fsp3) is 0.136. The molecule has 0 atom stereocenters. The van der Waals surface area contributed by atoms with E-state index in [9.17, 15) is 31.5 Å². The van der Waals surface area contributed by atoms with Crippen LogP contribution in [0.15, 0.2) is 62.6 Å². The van der Waals surface area contributed by atoms with Crippen LogP contribution in [0.3, 0.4) is 0 Å². The summed E-state index contributed by atoms with van der Waals surface area (Å²) in [5, 5.41) is 10.5. The molecule has 0 amide bonds. The van der Waals surface area contributed by atoms with Crippen LogP contribution in [0.25, 0.3) is 21.9 Å². The van der Waals surface area contributed by atoms with E-state index < -0.39 is 44.0 Å². The summed E-state index contributed by atoms with van der Waals surface area (Å²) >= 11 is 0. The summed E-state index contributed by atoms with van der Waals surface area (Å²) in [6.07, 6.45) is -5.02. The lowest BCUT2D eigenvalue weighted by molar-refractivity contribution is -0.274. The third-order valence-electron chi connectivity index (χ3n) is 4.90. The Morgan fingerprint density at radius 1 is 0.971 bits per heavy atom. The second-order valence-corrected chi connectivity index (χ2v) is 8.75. The molecule has 1 heterocycles. The molecule has 0 saturated heterocycles. The van der Waals surface area contributed by atoms with Gasteiger partial charge in [0.15, 0.2) is 11.5 Å². The Morgan fingerprint density at radius 2 is 1.69 bits per heavy atom. The molecule has 0 fully saturated rings. The molecule has 35 heavy (non-hydrogen) atoms. The van der Waals surface area contributed by atoms with Crippen LogP contribution in [0.5, 0.6) is 23.0 Å². The number of halogens is 3. The number of fused-ring (bicyclic) bond motifs is 2. The van der Waals surface area contributed by atoms with E-state index in [0.29, 0.717) is 6.07 Å². The minimum Gasteiger partial charge on any atom is -0.504 e. The summed E-state index contributed by atoms with van der Waals surface area (Å²) in [6.45, 7) is 0. The van der Waals surface area contributed by atoms with Gasteiger partial charge in [0.05, 0.1) is 24.8 Å². The zero-order chi connectivity index (χ0) is 25.5. The minimum absolute atomic E-state index is 0.0506. The number of phenols is 1. The SMILES string of the molecule is COc1c(NS(=O)(=O)c2cccc(OC(F)(F)F)c2)cc2oc3cccc(OC)c3c(=O)c2c1O. The molecular weight excluding hydrogens is 495 g/mol. The van der Waals surface area contributed by atoms with E-state index in [4.69, 9.17) is 13.9 Å². The quantitative estimate of drug-likeness (QED) is 0.366. The number of ether oxygens (including phenoxy) is 3. The lowest BCUT2D eigenvalue weighted by Gasteiger charge is -2.16. The first kappa shape index (κ1) is 24.0. The number of hydrogen-bond acceptors (Lipinski definition) is 8. The van der Waals surface area contributed by atoms with E-state index in [2.05, 4.69) is 9.46 Å². The van der Waals surface area contributed by atoms with Gasteiger partial charge in [0.25, 0.3) is 10.0 Å². The van der Waals surface area contributed by atoms with Gasteiger partial charge in [-0.2, -0.15) is 0 Å². The Balaban J connectivity index is 1.86. The van der Waals surface area contributed by atoms with Crippen molar-refractivity contribution in [3.63, 3.8) is 0 Å². The second kappa shape index (κ2) is 8.58. The highest BCUT2D eigenvalue weighted by molar-refractivity contribution is 7.92. The van der Waals surface area contributed by atoms with Crippen LogP contribution < -0.4 is 24.4 Å². The van der Waals surface area contributed by atoms with Gasteiger partial charge in [0.2, 0.25) is 5.43 Å². The molecular formula is C22H16F3NO8S. The molecule has 1 aromatic heterocycles. The largest absolute Gasteiger partial charge is 0.573 e. The zero-order valence-corrected chi connectivity index (χ0v) is 18.8. The number of sulfonamides is 1. The predicted molar refractivity (Wildman–Crippen MR) is 119 cm³/mol. The monoisotopic (exact) mass is 511 g/mol. The van der Waals surface area contributed by atoms with Gasteiger partial charge in [-0.05, 0) is 24.3 Å². The fourth-order valence-electron chi connectivity index (χ4n) is 3.48. The number of methoxy groups -OCH3 is 2. The van der Waals surface area contributed by atoms with Gasteiger partial charge in [-0.1, -0.05) is 12.1 Å². The van der Waals surface area contributed by atoms with Gasteiger partial charge in [0.1, 0.15) is 33.4 Å². The summed E-state index contributed by atoms with van der Waals surface area (Å²) in [7, 11) is -2.02. The smallest absolute Gasteiger partial charge is 0.504 e. The van der Waals surface area contributed by atoms with Crippen molar-refractivity contribution in [1.82, 2.24) is 0 Å². The highest BCUT2D eigenvalue weighted by Gasteiger charge is 2.32. The van der Waals surface area contributed by atoms with Crippen molar-refractivity contribution in [1.29, 1.82) is 0 Å². The van der Waals surface area contributed by atoms with E-state index in [1.54, 1.807) is 6.07 Å². The van der Waals surface area contributed by atoms with Crippen LogP contribution in [0, 0.1) is 0 Å². The molecule has 0 unspecified atom stereocenters. The Morgan fingerprint density at radius 3 is 2.34 bits per heavy atom. The zero-order valence-electron chi connectivity index (χ0n) is 18.0. The molecule has 13 heteroatoms. The van der Waals surface area contributed by atoms with Crippen molar-refractivity contribution < 1.29 is 45.3 Å². The molecule has 0 aliphatic carbocycles. The number of rotatable bonds is 6. The van der Waals surface area contributed by atoms with Gasteiger partial charge < -0.3 is 23.7 Å². The van der Waals surface area contributed by atoms with Gasteiger partial charge in [-0.15, -0.1) is 13.2 Å². The van der Waals surface area contributed by atoms with Crippen LogP contribution in [-0.4, -0.2) is 34.1 Å². The van der Waals surface area contributed by atoms with Crippen LogP contribution in [-0.2, 0) is 10.0 Å². The van der Waals surface area contributed by atoms with E-state index in [-0.39, 0.29) is 33.4 Å². The van der Waals surface area contributed by atoms with Crippen molar-refractivity contribution >= 4 is 37.6 Å². The summed E-state index contributed by atoms with van der Waals surface area (Å²) in [5.41, 5.74) is -1.05. The molecule has 2 N–H and O–H groups in total. The molecule has 184 valence electrons. The third kappa shape index (κ3) is 4.49. The first-order chi connectivity index (χ1) is 16.4. The number of anilines is 1. The van der Waals surface area contributed by atoms with E-state index in [0.717, 1.165) is 31.4 Å². The predicted octanol–water partition coefficient (Wildman–Crippen LogP) is 4.37. The normalized spacial score (nSPS) is 12.0. The van der Waals surface area contributed by atoms with E-state index in [1.807, 2.05) is 0 Å². The van der Waals surface area contributed by atoms with Gasteiger partial charge in [-0.3, -0.25) is 9.52 Å². The Hall–Kier alpha value is -4.13. The Bertz CT molecular complexity index is 1610. The number of aromatic hydroxyl groups is 1. The van der Waals surface area contributed by atoms with Crippen LogP contribution in [0.4, 0.5) is 18.9 Å². The van der Waals surface area contributed by atoms with Gasteiger partial charge >= 0.3 is 6.36 Å². The maximum absolute atomic E-state index is 13.1. The summed E-state index contributed by atoms with van der Waals surface area (Å²) in [6, 6.07) is 9.39. The van der Waals surface area contributed by atoms with Crippen molar-refractivity contribution in [2.24, 2.45) is 0 Å². The lowest BCUT2D eigenvalue weighted by Crippen LogP contribution is -2.18. The summed E-state index contributed by atoms with van der Waals surface area (Å²) in [5.74, 6) is -1.67. The Kier molecular flexibility index (Phi) is 5.88. The van der Waals surface area contributed by atoms with Gasteiger partial charge in [0, 0.05) is 12.1 Å². The molecule has 9 nitrogen and oxygen atoms in total. The first-order valence-electron chi connectivity index (χ1n) is 9.67. The number of nitrogens with one attached hydrogen (secondary N) is 1.